The standard InChI is InChI=1S/C16H24N6O2/c17-10-14-19-13-22(20-14)11-15(23)18-12-16(4-8-24-9-5-16)21-6-2-1-3-7-21/h13H,1-9,11-12H2,(H,18,23). The predicted octanol–water partition coefficient (Wildman–Crippen LogP) is 0.301. The van der Waals surface area contributed by atoms with E-state index in [4.69, 9.17) is 10.00 Å². The van der Waals surface area contributed by atoms with Crippen LogP contribution in [0, 0.1) is 11.3 Å². The molecule has 0 unspecified atom stereocenters. The van der Waals surface area contributed by atoms with Crippen LogP contribution in [0.5, 0.6) is 0 Å². The molecule has 3 heterocycles. The van der Waals surface area contributed by atoms with Crippen LogP contribution in [-0.4, -0.2) is 64.0 Å². The first-order valence-corrected chi connectivity index (χ1v) is 8.61. The second-order valence-corrected chi connectivity index (χ2v) is 6.54. The molecular formula is C16H24N6O2. The second-order valence-electron chi connectivity index (χ2n) is 6.54. The molecule has 3 rings (SSSR count). The van der Waals surface area contributed by atoms with Crippen LogP contribution in [-0.2, 0) is 16.1 Å². The molecule has 2 aliphatic rings. The van der Waals surface area contributed by atoms with E-state index in [1.807, 2.05) is 6.07 Å². The summed E-state index contributed by atoms with van der Waals surface area (Å²) in [6.07, 6.45) is 7.07. The van der Waals surface area contributed by atoms with Crippen molar-refractivity contribution in [3.05, 3.63) is 12.2 Å². The highest BCUT2D eigenvalue weighted by atomic mass is 16.5. The third-order valence-electron chi connectivity index (χ3n) is 5.01. The maximum absolute atomic E-state index is 12.2. The van der Waals surface area contributed by atoms with Gasteiger partial charge >= 0.3 is 0 Å². The van der Waals surface area contributed by atoms with Crippen LogP contribution in [0.3, 0.4) is 0 Å². The first-order chi connectivity index (χ1) is 11.7. The molecule has 2 saturated heterocycles. The first kappa shape index (κ1) is 16.9. The Morgan fingerprint density at radius 3 is 2.75 bits per heavy atom. The van der Waals surface area contributed by atoms with Crippen molar-refractivity contribution >= 4 is 5.91 Å². The van der Waals surface area contributed by atoms with Crippen molar-refractivity contribution in [2.45, 2.75) is 44.2 Å². The van der Waals surface area contributed by atoms with Gasteiger partial charge in [0.15, 0.2) is 0 Å². The molecule has 0 spiro atoms. The number of hydrogen-bond acceptors (Lipinski definition) is 6. The van der Waals surface area contributed by atoms with Crippen molar-refractivity contribution in [3.8, 4) is 6.07 Å². The molecule has 0 atom stereocenters. The minimum atomic E-state index is -0.104. The summed E-state index contributed by atoms with van der Waals surface area (Å²) in [5.74, 6) is -0.0238. The van der Waals surface area contributed by atoms with E-state index in [0.717, 1.165) is 39.1 Å². The summed E-state index contributed by atoms with van der Waals surface area (Å²) in [6.45, 7) is 4.42. The number of amides is 1. The zero-order chi connectivity index (χ0) is 16.8. The van der Waals surface area contributed by atoms with Gasteiger partial charge in [-0.1, -0.05) is 6.42 Å². The summed E-state index contributed by atoms with van der Waals surface area (Å²) in [5.41, 5.74) is 0.00844. The van der Waals surface area contributed by atoms with Crippen LogP contribution >= 0.6 is 0 Å². The molecule has 1 N–H and O–H groups in total. The zero-order valence-corrected chi connectivity index (χ0v) is 13.9. The van der Waals surface area contributed by atoms with Crippen molar-refractivity contribution in [3.63, 3.8) is 0 Å². The van der Waals surface area contributed by atoms with Gasteiger partial charge in [0, 0.05) is 25.3 Å². The Balaban J connectivity index is 1.58. The molecule has 0 bridgehead atoms. The van der Waals surface area contributed by atoms with Gasteiger partial charge in [-0.05, 0) is 38.8 Å². The van der Waals surface area contributed by atoms with E-state index < -0.39 is 0 Å². The Labute approximate surface area is 141 Å². The molecule has 1 amide bonds. The highest BCUT2D eigenvalue weighted by molar-refractivity contribution is 5.75. The number of nitriles is 1. The summed E-state index contributed by atoms with van der Waals surface area (Å²) in [6, 6.07) is 1.86. The normalized spacial score (nSPS) is 21.1. The lowest BCUT2D eigenvalue weighted by Crippen LogP contribution is -2.59. The number of nitrogens with zero attached hydrogens (tertiary/aromatic N) is 5. The van der Waals surface area contributed by atoms with Crippen molar-refractivity contribution in [2.24, 2.45) is 0 Å². The number of rotatable bonds is 5. The smallest absolute Gasteiger partial charge is 0.252 e. The fourth-order valence-electron chi connectivity index (χ4n) is 3.61. The van der Waals surface area contributed by atoms with E-state index in [0.29, 0.717) is 6.54 Å². The van der Waals surface area contributed by atoms with Gasteiger partial charge in [0.05, 0.1) is 0 Å². The number of likely N-dealkylation sites (tertiary alicyclic amines) is 1. The van der Waals surface area contributed by atoms with Crippen LogP contribution < -0.4 is 5.32 Å². The summed E-state index contributed by atoms with van der Waals surface area (Å²) < 4.78 is 6.94. The van der Waals surface area contributed by atoms with Crippen LogP contribution in [0.2, 0.25) is 0 Å². The molecule has 0 saturated carbocycles. The van der Waals surface area contributed by atoms with Crippen LogP contribution in [0.4, 0.5) is 0 Å². The van der Waals surface area contributed by atoms with Gasteiger partial charge < -0.3 is 10.1 Å². The van der Waals surface area contributed by atoms with Gasteiger partial charge in [0.2, 0.25) is 5.91 Å². The van der Waals surface area contributed by atoms with Crippen LogP contribution in [0.1, 0.15) is 37.9 Å². The molecule has 2 aliphatic heterocycles. The van der Waals surface area contributed by atoms with Crippen LogP contribution in [0.15, 0.2) is 6.33 Å². The van der Waals surface area contributed by atoms with E-state index in [9.17, 15) is 4.79 Å². The summed E-state index contributed by atoms with van der Waals surface area (Å²) >= 11 is 0. The van der Waals surface area contributed by atoms with Gasteiger partial charge in [0.25, 0.3) is 5.82 Å². The third kappa shape index (κ3) is 3.91. The minimum absolute atomic E-state index is 0.00844. The van der Waals surface area contributed by atoms with Gasteiger partial charge in [-0.15, -0.1) is 5.10 Å². The lowest BCUT2D eigenvalue weighted by Gasteiger charge is -2.48. The second kappa shape index (κ2) is 7.73. The largest absolute Gasteiger partial charge is 0.381 e. The lowest BCUT2D eigenvalue weighted by molar-refractivity contribution is -0.123. The monoisotopic (exact) mass is 332 g/mol. The van der Waals surface area contributed by atoms with Crippen molar-refractivity contribution in [1.29, 1.82) is 5.26 Å². The molecule has 8 nitrogen and oxygen atoms in total. The SMILES string of the molecule is N#Cc1ncn(CC(=O)NCC2(N3CCCCC3)CCOCC2)n1. The lowest BCUT2D eigenvalue weighted by atomic mass is 9.86. The molecule has 0 radical (unpaired) electrons. The summed E-state index contributed by atoms with van der Waals surface area (Å²) in [7, 11) is 0. The molecule has 1 aromatic heterocycles. The molecule has 130 valence electrons. The molecule has 2 fully saturated rings. The zero-order valence-electron chi connectivity index (χ0n) is 13.9. The van der Waals surface area contributed by atoms with Crippen molar-refractivity contribution in [2.75, 3.05) is 32.8 Å². The Morgan fingerprint density at radius 2 is 2.08 bits per heavy atom. The summed E-state index contributed by atoms with van der Waals surface area (Å²) in [5, 5.41) is 15.7. The quantitative estimate of drug-likeness (QED) is 0.833. The van der Waals surface area contributed by atoms with Crippen molar-refractivity contribution < 1.29 is 9.53 Å². The van der Waals surface area contributed by atoms with Gasteiger partial charge in [0.1, 0.15) is 18.9 Å². The Bertz CT molecular complexity index is 596. The summed E-state index contributed by atoms with van der Waals surface area (Å²) in [4.78, 5) is 18.6. The number of aromatic nitrogens is 3. The fourth-order valence-corrected chi connectivity index (χ4v) is 3.61. The maximum Gasteiger partial charge on any atom is 0.252 e. The van der Waals surface area contributed by atoms with E-state index in [1.54, 1.807) is 0 Å². The number of carbonyl (C=O) groups excluding carboxylic acids is 1. The fraction of sp³-hybridized carbons (Fsp3) is 0.750. The Kier molecular flexibility index (Phi) is 5.43. The maximum atomic E-state index is 12.2. The Hall–Kier alpha value is -1.98. The van der Waals surface area contributed by atoms with E-state index in [1.165, 1.54) is 30.3 Å². The minimum Gasteiger partial charge on any atom is -0.381 e. The molecule has 8 heteroatoms. The van der Waals surface area contributed by atoms with E-state index in [2.05, 4.69) is 20.3 Å². The average Bonchev–Trinajstić information content (AvgIpc) is 3.09. The number of ether oxygens (including phenoxy) is 1. The number of hydrogen-bond donors (Lipinski definition) is 1. The van der Waals surface area contributed by atoms with Gasteiger partial charge in [-0.3, -0.25) is 9.69 Å². The Morgan fingerprint density at radius 1 is 1.33 bits per heavy atom. The van der Waals surface area contributed by atoms with Gasteiger partial charge in [-0.25, -0.2) is 9.67 Å². The molecule has 0 aromatic carbocycles. The first-order valence-electron chi connectivity index (χ1n) is 8.61. The van der Waals surface area contributed by atoms with E-state index in [-0.39, 0.29) is 23.8 Å². The van der Waals surface area contributed by atoms with Crippen LogP contribution in [0.25, 0.3) is 0 Å². The van der Waals surface area contributed by atoms with Gasteiger partial charge in [-0.2, -0.15) is 5.26 Å². The molecular weight excluding hydrogens is 308 g/mol. The molecule has 24 heavy (non-hydrogen) atoms. The average molecular weight is 332 g/mol. The third-order valence-corrected chi connectivity index (χ3v) is 5.01. The number of carbonyl (C=O) groups is 1. The number of nitrogens with one attached hydrogen (secondary N) is 1. The number of piperidine rings is 1. The highest BCUT2D eigenvalue weighted by Crippen LogP contribution is 2.30. The topological polar surface area (TPSA) is 96.1 Å². The molecule has 0 aliphatic carbocycles. The van der Waals surface area contributed by atoms with E-state index >= 15 is 0 Å². The highest BCUT2D eigenvalue weighted by Gasteiger charge is 2.39. The molecule has 1 aromatic rings. The predicted molar refractivity (Wildman–Crippen MR) is 86.0 cm³/mol. The van der Waals surface area contributed by atoms with Crippen molar-refractivity contribution in [1.82, 2.24) is 25.0 Å².